The maximum atomic E-state index is 11.8. The molecule has 2 atom stereocenters. The van der Waals surface area contributed by atoms with Gasteiger partial charge in [-0.2, -0.15) is 0 Å². The first kappa shape index (κ1) is 22.6. The molecule has 1 aliphatic heterocycles. The summed E-state index contributed by atoms with van der Waals surface area (Å²) in [4.78, 5) is 35.0. The molecule has 1 aliphatic carbocycles. The van der Waals surface area contributed by atoms with Crippen LogP contribution in [-0.2, 0) is 14.4 Å². The molecule has 6 nitrogen and oxygen atoms in total. The molecule has 3 N–H and O–H groups in total. The Kier molecular flexibility index (Phi) is 12.2. The summed E-state index contributed by atoms with van der Waals surface area (Å²) in [5.41, 5.74) is 0. The Morgan fingerprint density at radius 2 is 1.62 bits per heavy atom. The van der Waals surface area contributed by atoms with Crippen molar-refractivity contribution in [3.05, 3.63) is 0 Å². The second-order valence-corrected chi connectivity index (χ2v) is 6.41. The molecule has 2 unspecified atom stereocenters. The largest absolute Gasteiger partial charge is 0.347 e. The average Bonchev–Trinajstić information content (AvgIpc) is 3.17. The Balaban J connectivity index is 0. The third-order valence-corrected chi connectivity index (χ3v) is 3.27. The minimum absolute atomic E-state index is 0. The summed E-state index contributed by atoms with van der Waals surface area (Å²) in [6, 6.07) is -0.841. The molecule has 24 heavy (non-hydrogen) atoms. The molecule has 1 saturated carbocycles. The van der Waals surface area contributed by atoms with Crippen molar-refractivity contribution in [2.45, 2.75) is 91.3 Å². The van der Waals surface area contributed by atoms with Crippen molar-refractivity contribution in [3.63, 3.8) is 0 Å². The third-order valence-electron chi connectivity index (χ3n) is 3.27. The lowest BCUT2D eigenvalue weighted by Crippen LogP contribution is -2.50. The van der Waals surface area contributed by atoms with Gasteiger partial charge in [-0.3, -0.25) is 14.4 Å². The first-order valence-electron chi connectivity index (χ1n) is 9.29. The number of rotatable bonds is 5. The number of ketones is 1. The molecule has 0 bridgehead atoms. The minimum atomic E-state index is -0.765. The zero-order valence-electron chi connectivity index (χ0n) is 15.9. The number of carbonyl (C=O) groups excluding carboxylic acids is 3. The van der Waals surface area contributed by atoms with E-state index >= 15 is 0 Å². The van der Waals surface area contributed by atoms with Crippen LogP contribution in [0.25, 0.3) is 0 Å². The first-order chi connectivity index (χ1) is 11.4. The summed E-state index contributed by atoms with van der Waals surface area (Å²) in [7, 11) is 0. The third kappa shape index (κ3) is 9.65. The molecule has 2 rings (SSSR count). The Bertz CT molecular complexity index is 393. The van der Waals surface area contributed by atoms with Crippen molar-refractivity contribution >= 4 is 17.6 Å². The number of nitrogens with one attached hydrogen (secondary N) is 3. The lowest BCUT2D eigenvalue weighted by atomic mass is 10.1. The molecule has 0 radical (unpaired) electrons. The number of Topliss-reactive ketones (excluding diaryl/α,β-unsaturated/α-hetero) is 1. The van der Waals surface area contributed by atoms with E-state index in [1.807, 2.05) is 0 Å². The summed E-state index contributed by atoms with van der Waals surface area (Å²) in [5.74, 6) is -1.37. The molecule has 142 valence electrons. The van der Waals surface area contributed by atoms with Crippen LogP contribution in [0, 0.1) is 0 Å². The second-order valence-electron chi connectivity index (χ2n) is 6.41. The lowest BCUT2D eigenvalue weighted by molar-refractivity contribution is -0.140. The van der Waals surface area contributed by atoms with Gasteiger partial charge < -0.3 is 16.0 Å². The fourth-order valence-electron chi connectivity index (χ4n) is 1.97. The van der Waals surface area contributed by atoms with Crippen molar-refractivity contribution in [2.75, 3.05) is 6.54 Å². The van der Waals surface area contributed by atoms with E-state index in [2.05, 4.69) is 43.6 Å². The van der Waals surface area contributed by atoms with Gasteiger partial charge in [0.25, 0.3) is 5.91 Å². The van der Waals surface area contributed by atoms with Gasteiger partial charge >= 0.3 is 0 Å². The van der Waals surface area contributed by atoms with Gasteiger partial charge in [0.1, 0.15) is 0 Å². The van der Waals surface area contributed by atoms with E-state index in [1.54, 1.807) is 6.92 Å². The van der Waals surface area contributed by atoms with Gasteiger partial charge in [0.15, 0.2) is 0 Å². The molecular weight excluding hydrogens is 306 g/mol. The average molecular weight is 344 g/mol. The van der Waals surface area contributed by atoms with Crippen LogP contribution in [0.5, 0.6) is 0 Å². The highest BCUT2D eigenvalue weighted by Gasteiger charge is 2.31. The summed E-state index contributed by atoms with van der Waals surface area (Å²) < 4.78 is 0. The molecule has 0 aromatic carbocycles. The minimum Gasteiger partial charge on any atom is -0.347 e. The number of hydrogen-bond donors (Lipinski definition) is 3. The SMILES string of the molecule is CC(NC(=O)C1CCCN1)C(=O)C(=O)NC1CC1.CCC.CCC.[HH]. The van der Waals surface area contributed by atoms with E-state index in [9.17, 15) is 14.4 Å². The van der Waals surface area contributed by atoms with Crippen molar-refractivity contribution in [3.8, 4) is 0 Å². The van der Waals surface area contributed by atoms with Crippen LogP contribution < -0.4 is 16.0 Å². The van der Waals surface area contributed by atoms with Crippen molar-refractivity contribution < 1.29 is 15.8 Å². The van der Waals surface area contributed by atoms with Crippen LogP contribution in [0.2, 0.25) is 0 Å². The van der Waals surface area contributed by atoms with Gasteiger partial charge in [0, 0.05) is 7.47 Å². The Labute approximate surface area is 148 Å². The predicted octanol–water partition coefficient (Wildman–Crippen LogP) is 2.17. The molecule has 0 aromatic rings. The molecule has 2 amide bonds. The highest BCUT2D eigenvalue weighted by Crippen LogP contribution is 2.18. The topological polar surface area (TPSA) is 87.3 Å². The number of carbonyl (C=O) groups is 3. The van der Waals surface area contributed by atoms with Crippen LogP contribution in [0.1, 0.15) is 74.6 Å². The first-order valence-corrected chi connectivity index (χ1v) is 9.29. The maximum Gasteiger partial charge on any atom is 0.289 e. The van der Waals surface area contributed by atoms with E-state index in [4.69, 9.17) is 0 Å². The zero-order valence-corrected chi connectivity index (χ0v) is 15.9. The van der Waals surface area contributed by atoms with Crippen molar-refractivity contribution in [1.29, 1.82) is 0 Å². The molecule has 2 aliphatic rings. The van der Waals surface area contributed by atoms with E-state index in [1.165, 1.54) is 12.8 Å². The van der Waals surface area contributed by atoms with Gasteiger partial charge in [-0.15, -0.1) is 0 Å². The van der Waals surface area contributed by atoms with Gasteiger partial charge in [0.05, 0.1) is 12.1 Å². The summed E-state index contributed by atoms with van der Waals surface area (Å²) in [6.07, 6.45) is 6.11. The zero-order chi connectivity index (χ0) is 18.5. The fourth-order valence-corrected chi connectivity index (χ4v) is 1.97. The molecule has 2 fully saturated rings. The van der Waals surface area contributed by atoms with E-state index in [0.29, 0.717) is 0 Å². The van der Waals surface area contributed by atoms with Crippen LogP contribution in [-0.4, -0.2) is 42.3 Å². The predicted molar refractivity (Wildman–Crippen MR) is 98.8 cm³/mol. The van der Waals surface area contributed by atoms with Crippen molar-refractivity contribution in [1.82, 2.24) is 16.0 Å². The second kappa shape index (κ2) is 12.9. The molecule has 0 aromatic heterocycles. The van der Waals surface area contributed by atoms with Crippen molar-refractivity contribution in [2.24, 2.45) is 0 Å². The quantitative estimate of drug-likeness (QED) is 0.668. The summed E-state index contributed by atoms with van der Waals surface area (Å²) >= 11 is 0. The van der Waals surface area contributed by atoms with Crippen LogP contribution in [0.3, 0.4) is 0 Å². The molecule has 1 heterocycles. The maximum absolute atomic E-state index is 11.8. The van der Waals surface area contributed by atoms with Gasteiger partial charge in [0.2, 0.25) is 11.7 Å². The van der Waals surface area contributed by atoms with Crippen LogP contribution in [0.4, 0.5) is 0 Å². The molecule has 1 saturated heterocycles. The Hall–Kier alpha value is -1.43. The fraction of sp³-hybridized carbons (Fsp3) is 0.833. The Morgan fingerprint density at radius 1 is 1.08 bits per heavy atom. The normalized spacial score (nSPS) is 19.8. The smallest absolute Gasteiger partial charge is 0.289 e. The highest BCUT2D eigenvalue weighted by atomic mass is 16.2. The molecule has 0 spiro atoms. The van der Waals surface area contributed by atoms with Crippen LogP contribution in [0.15, 0.2) is 0 Å². The van der Waals surface area contributed by atoms with Crippen LogP contribution >= 0.6 is 0 Å². The van der Waals surface area contributed by atoms with E-state index < -0.39 is 17.7 Å². The monoisotopic (exact) mass is 343 g/mol. The molecule has 6 heteroatoms. The lowest BCUT2D eigenvalue weighted by Gasteiger charge is -2.16. The summed E-state index contributed by atoms with van der Waals surface area (Å²) in [6.45, 7) is 10.9. The number of amides is 2. The summed E-state index contributed by atoms with van der Waals surface area (Å²) in [5, 5.41) is 8.25. The van der Waals surface area contributed by atoms with Gasteiger partial charge in [-0.05, 0) is 39.2 Å². The molecular formula is C18H37N3O3. The highest BCUT2D eigenvalue weighted by molar-refractivity contribution is 6.38. The van der Waals surface area contributed by atoms with E-state index in [0.717, 1.165) is 32.2 Å². The standard InChI is InChI=1S/C12H19N3O3.2C3H8.H2/c1-7(10(16)12(18)15-8-4-5-8)14-11(17)9-3-2-6-13-9;2*1-3-2;/h7-9,13H,2-6H2,1H3,(H,14,17)(H,15,18);2*3H2,1-2H3;1H. The Morgan fingerprint density at radius 3 is 2.04 bits per heavy atom. The van der Waals surface area contributed by atoms with E-state index in [-0.39, 0.29) is 19.4 Å². The number of hydrogen-bond acceptors (Lipinski definition) is 4. The van der Waals surface area contributed by atoms with Gasteiger partial charge in [-0.1, -0.05) is 40.5 Å². The van der Waals surface area contributed by atoms with Gasteiger partial charge in [-0.25, -0.2) is 0 Å².